The normalized spacial score (nSPS) is 19.6. The molecule has 0 radical (unpaired) electrons. The molecule has 0 saturated carbocycles. The number of piperidine rings is 1. The van der Waals surface area contributed by atoms with Crippen LogP contribution in [0.15, 0.2) is 24.3 Å². The van der Waals surface area contributed by atoms with Crippen molar-refractivity contribution in [1.82, 2.24) is 20.4 Å². The largest absolute Gasteiger partial charge is 0.381 e. The van der Waals surface area contributed by atoms with E-state index in [1.54, 1.807) is 24.3 Å². The molecule has 2 aliphatic heterocycles. The number of carbonyl (C=O) groups is 3. The molecular formula is C20H31N4O3W-. The summed E-state index contributed by atoms with van der Waals surface area (Å²) in [7, 11) is 4.35. The van der Waals surface area contributed by atoms with Gasteiger partial charge in [0.1, 0.15) is 6.04 Å². The number of carbonyl (C=O) groups excluding carboxylic acids is 3. The standard InChI is InChI=1S/C12H11N2O3.C6H14N2.C2H6.W/c15-10-7-6-9(12(17)14-10)13-11(16)8-4-2-1-3-5-8;1-7-3-5-8(2)6-4-7;1-2;/h1-4,9H,6-7H2,(H,13,16)(H,14,15,17);3-6H2,1-2H3;1-2H3;/q-1;;;. The molecule has 8 heteroatoms. The van der Waals surface area contributed by atoms with Crippen molar-refractivity contribution < 1.29 is 35.4 Å². The van der Waals surface area contributed by atoms with Gasteiger partial charge in [-0.05, 0) is 20.5 Å². The third-order valence-corrected chi connectivity index (χ3v) is 4.23. The first-order valence-corrected chi connectivity index (χ1v) is 9.44. The predicted molar refractivity (Wildman–Crippen MR) is 105 cm³/mol. The number of hydrogen-bond acceptors (Lipinski definition) is 5. The van der Waals surface area contributed by atoms with E-state index in [0.29, 0.717) is 12.0 Å². The molecule has 3 rings (SSSR count). The van der Waals surface area contributed by atoms with Crippen LogP contribution in [0.5, 0.6) is 0 Å². The van der Waals surface area contributed by atoms with Crippen LogP contribution < -0.4 is 10.6 Å². The molecule has 2 N–H and O–H groups in total. The molecule has 2 saturated heterocycles. The van der Waals surface area contributed by atoms with Gasteiger partial charge in [0.05, 0.1) is 0 Å². The van der Waals surface area contributed by atoms with Gasteiger partial charge in [-0.2, -0.15) is 0 Å². The molecule has 1 unspecified atom stereocenters. The van der Waals surface area contributed by atoms with E-state index in [1.165, 1.54) is 26.2 Å². The Bertz CT molecular complexity index is 595. The van der Waals surface area contributed by atoms with Crippen LogP contribution in [0.1, 0.15) is 37.0 Å². The van der Waals surface area contributed by atoms with Crippen molar-refractivity contribution in [2.75, 3.05) is 40.3 Å². The first-order chi connectivity index (χ1) is 13.0. The van der Waals surface area contributed by atoms with Crippen molar-refractivity contribution >= 4 is 17.7 Å². The van der Waals surface area contributed by atoms with Crippen LogP contribution >= 0.6 is 0 Å². The molecule has 3 amide bonds. The van der Waals surface area contributed by atoms with Crippen molar-refractivity contribution in [3.63, 3.8) is 0 Å². The van der Waals surface area contributed by atoms with E-state index in [2.05, 4.69) is 40.6 Å². The number of likely N-dealkylation sites (N-methyl/N-ethyl adjacent to an activating group) is 2. The zero-order chi connectivity index (χ0) is 20.2. The molecule has 2 fully saturated rings. The number of amides is 3. The van der Waals surface area contributed by atoms with Crippen molar-refractivity contribution in [2.24, 2.45) is 0 Å². The first-order valence-electron chi connectivity index (χ1n) is 9.44. The van der Waals surface area contributed by atoms with Crippen LogP contribution in [0.2, 0.25) is 0 Å². The third-order valence-electron chi connectivity index (χ3n) is 4.23. The molecule has 1 aromatic rings. The van der Waals surface area contributed by atoms with Crippen LogP contribution in [0, 0.1) is 6.07 Å². The maximum Gasteiger partial charge on any atom is 0.248 e. The van der Waals surface area contributed by atoms with E-state index in [4.69, 9.17) is 0 Å². The van der Waals surface area contributed by atoms with Gasteiger partial charge >= 0.3 is 0 Å². The number of piperazine rings is 1. The van der Waals surface area contributed by atoms with Crippen molar-refractivity contribution in [1.29, 1.82) is 0 Å². The summed E-state index contributed by atoms with van der Waals surface area (Å²) in [5.74, 6) is -1.11. The van der Waals surface area contributed by atoms with Gasteiger partial charge < -0.3 is 19.9 Å². The summed E-state index contributed by atoms with van der Waals surface area (Å²) in [6.07, 6.45) is 0.582. The van der Waals surface area contributed by atoms with Crippen molar-refractivity contribution in [3.8, 4) is 0 Å². The Labute approximate surface area is 182 Å². The zero-order valence-electron chi connectivity index (χ0n) is 17.2. The fraction of sp³-hybridized carbons (Fsp3) is 0.550. The smallest absolute Gasteiger partial charge is 0.248 e. The molecule has 0 aromatic heterocycles. The molecule has 0 spiro atoms. The monoisotopic (exact) mass is 559 g/mol. The van der Waals surface area contributed by atoms with E-state index in [1.807, 2.05) is 13.8 Å². The second kappa shape index (κ2) is 14.4. The summed E-state index contributed by atoms with van der Waals surface area (Å²) in [5.41, 5.74) is 0.372. The van der Waals surface area contributed by atoms with Gasteiger partial charge in [-0.15, -0.1) is 30.3 Å². The molecule has 1 atom stereocenters. The number of hydrogen-bond donors (Lipinski definition) is 2. The average molecular weight is 559 g/mol. The fourth-order valence-corrected chi connectivity index (χ4v) is 2.51. The number of nitrogens with zero attached hydrogens (tertiary/aromatic N) is 2. The van der Waals surface area contributed by atoms with Crippen LogP contribution in [-0.2, 0) is 30.7 Å². The van der Waals surface area contributed by atoms with Gasteiger partial charge in [0.15, 0.2) is 5.91 Å². The quantitative estimate of drug-likeness (QED) is 0.416. The summed E-state index contributed by atoms with van der Waals surface area (Å²) in [4.78, 5) is 38.8. The summed E-state index contributed by atoms with van der Waals surface area (Å²) in [5, 5.41) is 4.75. The Kier molecular flexibility index (Phi) is 13.6. The molecule has 0 aliphatic carbocycles. The van der Waals surface area contributed by atoms with E-state index >= 15 is 0 Å². The number of imide groups is 1. The Hall–Kier alpha value is -1.56. The summed E-state index contributed by atoms with van der Waals surface area (Å²) >= 11 is 0. The van der Waals surface area contributed by atoms with E-state index < -0.39 is 11.9 Å². The topological polar surface area (TPSA) is 81.8 Å². The second-order valence-electron chi connectivity index (χ2n) is 6.36. The SMILES string of the molecule is CC.CN1CCN(C)CC1.O=C1CCC(NC(=O)c2[c-]cccc2)C(=O)N1.[W]. The molecule has 2 heterocycles. The zero-order valence-corrected chi connectivity index (χ0v) is 20.1. The van der Waals surface area contributed by atoms with Crippen LogP contribution in [0.3, 0.4) is 0 Å². The van der Waals surface area contributed by atoms with Gasteiger partial charge in [-0.25, -0.2) is 0 Å². The molecular weight excluding hydrogens is 528 g/mol. The minimum atomic E-state index is -0.645. The second-order valence-corrected chi connectivity index (χ2v) is 6.36. The van der Waals surface area contributed by atoms with Crippen LogP contribution in [0.4, 0.5) is 0 Å². The van der Waals surface area contributed by atoms with Gasteiger partial charge in [-0.3, -0.25) is 14.9 Å². The van der Waals surface area contributed by atoms with Gasteiger partial charge in [-0.1, -0.05) is 19.4 Å². The van der Waals surface area contributed by atoms with E-state index in [0.717, 1.165) is 0 Å². The molecule has 1 aromatic carbocycles. The van der Waals surface area contributed by atoms with Crippen molar-refractivity contribution in [2.45, 2.75) is 32.7 Å². The van der Waals surface area contributed by atoms with Crippen LogP contribution in [-0.4, -0.2) is 73.8 Å². The van der Waals surface area contributed by atoms with Crippen LogP contribution in [0.25, 0.3) is 0 Å². The minimum Gasteiger partial charge on any atom is -0.381 e. The maximum atomic E-state index is 11.7. The average Bonchev–Trinajstić information content (AvgIpc) is 2.69. The molecule has 2 aliphatic rings. The molecule has 7 nitrogen and oxygen atoms in total. The Morgan fingerprint density at radius 3 is 2.14 bits per heavy atom. The summed E-state index contributed by atoms with van der Waals surface area (Å²) in [6.45, 7) is 8.93. The predicted octanol–water partition coefficient (Wildman–Crippen LogP) is 0.909. The third kappa shape index (κ3) is 9.58. The molecule has 156 valence electrons. The number of benzene rings is 1. The maximum absolute atomic E-state index is 11.7. The van der Waals surface area contributed by atoms with E-state index in [-0.39, 0.29) is 39.3 Å². The molecule has 28 heavy (non-hydrogen) atoms. The number of rotatable bonds is 2. The van der Waals surface area contributed by atoms with Gasteiger partial charge in [0.25, 0.3) is 0 Å². The Balaban J connectivity index is 0.000000560. The number of nitrogens with one attached hydrogen (secondary N) is 2. The minimum absolute atomic E-state index is 0. The summed E-state index contributed by atoms with van der Waals surface area (Å²) < 4.78 is 0. The summed E-state index contributed by atoms with van der Waals surface area (Å²) in [6, 6.07) is 8.83. The van der Waals surface area contributed by atoms with Crippen molar-refractivity contribution in [3.05, 3.63) is 35.9 Å². The fourth-order valence-electron chi connectivity index (χ4n) is 2.51. The first kappa shape index (κ1) is 26.4. The Morgan fingerprint density at radius 1 is 1.11 bits per heavy atom. The van der Waals surface area contributed by atoms with Gasteiger partial charge in [0, 0.05) is 53.7 Å². The van der Waals surface area contributed by atoms with E-state index in [9.17, 15) is 14.4 Å². The van der Waals surface area contributed by atoms with Gasteiger partial charge in [0.2, 0.25) is 11.8 Å². The Morgan fingerprint density at radius 2 is 1.68 bits per heavy atom. The molecule has 0 bridgehead atoms.